The Hall–Kier alpha value is -2.55. The number of fused-ring (bicyclic) bond motifs is 1. The minimum Gasteiger partial charge on any atom is -0.307 e. The molecule has 0 radical (unpaired) electrons. The van der Waals surface area contributed by atoms with Gasteiger partial charge >= 0.3 is 5.69 Å². The van der Waals surface area contributed by atoms with Gasteiger partial charge in [-0.05, 0) is 6.08 Å². The number of imidazole rings is 1. The van der Waals surface area contributed by atoms with Gasteiger partial charge in [-0.2, -0.15) is 0 Å². The molecule has 0 spiro atoms. The van der Waals surface area contributed by atoms with Crippen LogP contribution >= 0.6 is 0 Å². The molecule has 0 saturated carbocycles. The maximum absolute atomic E-state index is 12.1. The molecule has 0 amide bonds. The fourth-order valence-electron chi connectivity index (χ4n) is 1.87. The first kappa shape index (κ1) is 11.9. The Morgan fingerprint density at radius 3 is 2.61 bits per heavy atom. The predicted octanol–water partition coefficient (Wildman–Crippen LogP) is -0.290. The Labute approximate surface area is 103 Å². The third-order valence-corrected chi connectivity index (χ3v) is 2.81. The molecular formula is C12H12N4O2. The Kier molecular flexibility index (Phi) is 2.67. The van der Waals surface area contributed by atoms with E-state index in [1.165, 1.54) is 17.7 Å². The monoisotopic (exact) mass is 244 g/mol. The van der Waals surface area contributed by atoms with Crippen LogP contribution in [-0.2, 0) is 20.6 Å². The number of rotatable bonds is 2. The Bertz CT molecular complexity index is 799. The highest BCUT2D eigenvalue weighted by Gasteiger charge is 2.16. The zero-order chi connectivity index (χ0) is 13.4. The SMILES string of the molecule is C#CCn1c(C=C)nc2c1c(=O)n(C)c(=O)n2C. The molecule has 2 aromatic rings. The number of aromatic nitrogens is 4. The molecule has 0 aromatic carbocycles. The van der Waals surface area contributed by atoms with Crippen molar-refractivity contribution in [1.82, 2.24) is 18.7 Å². The van der Waals surface area contributed by atoms with E-state index < -0.39 is 11.2 Å². The molecule has 18 heavy (non-hydrogen) atoms. The predicted molar refractivity (Wildman–Crippen MR) is 69.1 cm³/mol. The van der Waals surface area contributed by atoms with Crippen molar-refractivity contribution in [3.05, 3.63) is 33.2 Å². The number of hydrogen-bond acceptors (Lipinski definition) is 3. The molecule has 0 aliphatic heterocycles. The summed E-state index contributed by atoms with van der Waals surface area (Å²) in [6, 6.07) is 0. The van der Waals surface area contributed by atoms with Gasteiger partial charge in [-0.25, -0.2) is 9.78 Å². The molecule has 0 bridgehead atoms. The van der Waals surface area contributed by atoms with E-state index in [1.807, 2.05) is 0 Å². The lowest BCUT2D eigenvalue weighted by Crippen LogP contribution is -2.37. The number of nitrogens with zero attached hydrogens (tertiary/aromatic N) is 4. The highest BCUT2D eigenvalue weighted by molar-refractivity contribution is 5.73. The van der Waals surface area contributed by atoms with Crippen molar-refractivity contribution in [3.8, 4) is 12.3 Å². The van der Waals surface area contributed by atoms with Gasteiger partial charge in [-0.1, -0.05) is 12.5 Å². The summed E-state index contributed by atoms with van der Waals surface area (Å²) in [6.07, 6.45) is 6.78. The number of aryl methyl sites for hydroxylation is 1. The summed E-state index contributed by atoms with van der Waals surface area (Å²) < 4.78 is 3.92. The topological polar surface area (TPSA) is 61.8 Å². The van der Waals surface area contributed by atoms with E-state index in [4.69, 9.17) is 6.42 Å². The van der Waals surface area contributed by atoms with Crippen molar-refractivity contribution >= 4 is 17.2 Å². The lowest BCUT2D eigenvalue weighted by Gasteiger charge is -2.04. The van der Waals surface area contributed by atoms with Gasteiger partial charge in [0, 0.05) is 14.1 Å². The second-order valence-electron chi connectivity index (χ2n) is 3.84. The van der Waals surface area contributed by atoms with E-state index in [-0.39, 0.29) is 6.54 Å². The van der Waals surface area contributed by atoms with Crippen molar-refractivity contribution in [2.24, 2.45) is 14.1 Å². The summed E-state index contributed by atoms with van der Waals surface area (Å²) in [7, 11) is 2.98. The quantitative estimate of drug-likeness (QED) is 0.682. The molecule has 0 saturated heterocycles. The van der Waals surface area contributed by atoms with Crippen molar-refractivity contribution < 1.29 is 0 Å². The first-order valence-corrected chi connectivity index (χ1v) is 5.25. The Morgan fingerprint density at radius 2 is 2.06 bits per heavy atom. The van der Waals surface area contributed by atoms with Crippen molar-refractivity contribution in [2.45, 2.75) is 6.54 Å². The van der Waals surface area contributed by atoms with Crippen LogP contribution in [0, 0.1) is 12.3 Å². The van der Waals surface area contributed by atoms with Crippen LogP contribution in [-0.4, -0.2) is 18.7 Å². The fourth-order valence-corrected chi connectivity index (χ4v) is 1.87. The summed E-state index contributed by atoms with van der Waals surface area (Å²) in [5.41, 5.74) is -0.210. The average molecular weight is 244 g/mol. The van der Waals surface area contributed by atoms with Gasteiger partial charge in [0.2, 0.25) is 0 Å². The largest absolute Gasteiger partial charge is 0.332 e. The lowest BCUT2D eigenvalue weighted by molar-refractivity contribution is 0.704. The molecule has 0 aliphatic rings. The summed E-state index contributed by atoms with van der Waals surface area (Å²) in [4.78, 5) is 28.1. The highest BCUT2D eigenvalue weighted by Crippen LogP contribution is 2.11. The van der Waals surface area contributed by atoms with E-state index in [0.717, 1.165) is 4.57 Å². The molecule has 0 atom stereocenters. The van der Waals surface area contributed by atoms with Gasteiger partial charge in [0.25, 0.3) is 5.56 Å². The summed E-state index contributed by atoms with van der Waals surface area (Å²) in [6.45, 7) is 3.82. The molecule has 6 nitrogen and oxygen atoms in total. The van der Waals surface area contributed by atoms with Gasteiger partial charge < -0.3 is 4.57 Å². The van der Waals surface area contributed by atoms with Gasteiger partial charge in [0.15, 0.2) is 11.2 Å². The van der Waals surface area contributed by atoms with E-state index in [1.54, 1.807) is 11.6 Å². The fraction of sp³-hybridized carbons (Fsp3) is 0.250. The third-order valence-electron chi connectivity index (χ3n) is 2.81. The van der Waals surface area contributed by atoms with Gasteiger partial charge in [0.05, 0.1) is 6.54 Å². The van der Waals surface area contributed by atoms with E-state index in [0.29, 0.717) is 17.0 Å². The van der Waals surface area contributed by atoms with Crippen LogP contribution in [0.25, 0.3) is 17.2 Å². The van der Waals surface area contributed by atoms with Crippen molar-refractivity contribution in [1.29, 1.82) is 0 Å². The molecule has 0 fully saturated rings. The van der Waals surface area contributed by atoms with Crippen molar-refractivity contribution in [3.63, 3.8) is 0 Å². The molecule has 2 rings (SSSR count). The first-order valence-electron chi connectivity index (χ1n) is 5.25. The van der Waals surface area contributed by atoms with Crippen LogP contribution < -0.4 is 11.2 Å². The second kappa shape index (κ2) is 4.04. The highest BCUT2D eigenvalue weighted by atomic mass is 16.2. The Balaban J connectivity index is 3.11. The standard InChI is InChI=1S/C12H12N4O2/c1-5-7-16-8(6-2)13-10-9(16)11(17)15(4)12(18)14(10)3/h1,6H,2,7H2,3-4H3. The summed E-state index contributed by atoms with van der Waals surface area (Å²) >= 11 is 0. The lowest BCUT2D eigenvalue weighted by atomic mass is 10.4. The maximum atomic E-state index is 12.1. The van der Waals surface area contributed by atoms with Crippen LogP contribution in [0.5, 0.6) is 0 Å². The Morgan fingerprint density at radius 1 is 1.39 bits per heavy atom. The maximum Gasteiger partial charge on any atom is 0.332 e. The minimum absolute atomic E-state index is 0.200. The van der Waals surface area contributed by atoms with E-state index >= 15 is 0 Å². The molecule has 0 N–H and O–H groups in total. The molecule has 2 heterocycles. The molecule has 0 aliphatic carbocycles. The number of hydrogen-bond donors (Lipinski definition) is 0. The van der Waals surface area contributed by atoms with Crippen molar-refractivity contribution in [2.75, 3.05) is 0 Å². The smallest absolute Gasteiger partial charge is 0.307 e. The van der Waals surface area contributed by atoms with Gasteiger partial charge in [0.1, 0.15) is 5.82 Å². The summed E-state index contributed by atoms with van der Waals surface area (Å²) in [5, 5.41) is 0. The molecule has 6 heteroatoms. The molecule has 2 aromatic heterocycles. The van der Waals surface area contributed by atoms with E-state index in [9.17, 15) is 9.59 Å². The zero-order valence-corrected chi connectivity index (χ0v) is 10.2. The number of terminal acetylenes is 1. The first-order chi connectivity index (χ1) is 8.52. The molecule has 0 unspecified atom stereocenters. The average Bonchev–Trinajstić information content (AvgIpc) is 2.73. The second-order valence-corrected chi connectivity index (χ2v) is 3.84. The van der Waals surface area contributed by atoms with Crippen LogP contribution in [0.3, 0.4) is 0 Å². The van der Waals surface area contributed by atoms with E-state index in [2.05, 4.69) is 17.5 Å². The minimum atomic E-state index is -0.423. The molecular weight excluding hydrogens is 232 g/mol. The third kappa shape index (κ3) is 1.41. The van der Waals surface area contributed by atoms with Crippen LogP contribution in [0.4, 0.5) is 0 Å². The van der Waals surface area contributed by atoms with Gasteiger partial charge in [-0.3, -0.25) is 13.9 Å². The normalized spacial score (nSPS) is 10.5. The zero-order valence-electron chi connectivity index (χ0n) is 10.2. The van der Waals surface area contributed by atoms with Crippen LogP contribution in [0.2, 0.25) is 0 Å². The molecule has 92 valence electrons. The van der Waals surface area contributed by atoms with Gasteiger partial charge in [-0.15, -0.1) is 6.42 Å². The van der Waals surface area contributed by atoms with Crippen LogP contribution in [0.1, 0.15) is 5.82 Å². The van der Waals surface area contributed by atoms with Crippen LogP contribution in [0.15, 0.2) is 16.2 Å². The summed E-state index contributed by atoms with van der Waals surface area (Å²) in [5.74, 6) is 2.93.